The van der Waals surface area contributed by atoms with E-state index >= 15 is 0 Å². The summed E-state index contributed by atoms with van der Waals surface area (Å²) in [6, 6.07) is 5.16. The molecule has 26 heavy (non-hydrogen) atoms. The number of halogens is 3. The predicted octanol–water partition coefficient (Wildman–Crippen LogP) is 3.08. The molecule has 0 fully saturated rings. The van der Waals surface area contributed by atoms with E-state index in [1.54, 1.807) is 10.7 Å². The summed E-state index contributed by atoms with van der Waals surface area (Å²) >= 11 is 3.46. The minimum atomic E-state index is -0.717. The van der Waals surface area contributed by atoms with Crippen LogP contribution in [0, 0.1) is 11.6 Å². The molecule has 1 aromatic carbocycles. The minimum absolute atomic E-state index is 0.116. The van der Waals surface area contributed by atoms with Gasteiger partial charge in [-0.25, -0.2) is 23.0 Å². The highest BCUT2D eigenvalue weighted by Crippen LogP contribution is 2.31. The highest BCUT2D eigenvalue weighted by Gasteiger charge is 2.21. The van der Waals surface area contributed by atoms with Gasteiger partial charge in [-0.2, -0.15) is 5.10 Å². The van der Waals surface area contributed by atoms with Crippen LogP contribution < -0.4 is 5.73 Å². The topological polar surface area (TPSA) is 86.9 Å². The molecule has 0 aliphatic carbocycles. The third-order valence-corrected chi connectivity index (χ3v) is 4.72. The molecule has 0 saturated heterocycles. The molecule has 0 spiro atoms. The summed E-state index contributed by atoms with van der Waals surface area (Å²) in [6.07, 6.45) is 2.97. The van der Waals surface area contributed by atoms with Crippen LogP contribution >= 0.6 is 15.9 Å². The van der Waals surface area contributed by atoms with Crippen molar-refractivity contribution >= 4 is 27.3 Å². The fourth-order valence-electron chi connectivity index (χ4n) is 2.77. The van der Waals surface area contributed by atoms with E-state index in [4.69, 9.17) is 5.73 Å². The van der Waals surface area contributed by atoms with Gasteiger partial charge in [-0.1, -0.05) is 12.1 Å². The summed E-state index contributed by atoms with van der Waals surface area (Å²) in [6.45, 7) is 1.92. The molecule has 0 aliphatic heterocycles. The maximum Gasteiger partial charge on any atom is 0.152 e. The number of hydrogen-bond acceptors (Lipinski definition) is 5. The Labute approximate surface area is 154 Å². The smallest absolute Gasteiger partial charge is 0.152 e. The summed E-state index contributed by atoms with van der Waals surface area (Å²) in [5.74, 6) is -1.23. The summed E-state index contributed by atoms with van der Waals surface area (Å²) in [5, 5.41) is 12.3. The quantitative estimate of drug-likeness (QED) is 0.551. The monoisotopic (exact) mass is 419 g/mol. The molecule has 3 aromatic heterocycles. The minimum Gasteiger partial charge on any atom is -0.382 e. The Morgan fingerprint density at radius 3 is 2.81 bits per heavy atom. The molecule has 0 saturated carbocycles. The van der Waals surface area contributed by atoms with E-state index in [9.17, 15) is 8.78 Å². The molecule has 3 heterocycles. The summed E-state index contributed by atoms with van der Waals surface area (Å²) < 4.78 is 30.7. The second kappa shape index (κ2) is 6.13. The molecule has 0 aliphatic rings. The van der Waals surface area contributed by atoms with Crippen molar-refractivity contribution in [2.45, 2.75) is 12.8 Å². The lowest BCUT2D eigenvalue weighted by Gasteiger charge is -2.08. The van der Waals surface area contributed by atoms with E-state index in [0.29, 0.717) is 17.0 Å². The number of benzene rings is 1. The molecule has 0 radical (unpaired) electrons. The van der Waals surface area contributed by atoms with Crippen LogP contribution in [0.4, 0.5) is 14.6 Å². The number of fused-ring (bicyclic) bond motifs is 1. The Balaban J connectivity index is 1.76. The Morgan fingerprint density at radius 1 is 1.23 bits per heavy atom. The second-order valence-electron chi connectivity index (χ2n) is 5.73. The van der Waals surface area contributed by atoms with Crippen LogP contribution in [0.3, 0.4) is 0 Å². The van der Waals surface area contributed by atoms with Crippen LogP contribution in [0.1, 0.15) is 24.2 Å². The largest absolute Gasteiger partial charge is 0.382 e. The average molecular weight is 420 g/mol. The summed E-state index contributed by atoms with van der Waals surface area (Å²) in [4.78, 5) is 3.99. The van der Waals surface area contributed by atoms with Gasteiger partial charge >= 0.3 is 0 Å². The number of hydrogen-bond donors (Lipinski definition) is 1. The van der Waals surface area contributed by atoms with Crippen molar-refractivity contribution in [3.05, 3.63) is 64.3 Å². The maximum absolute atomic E-state index is 14.0. The zero-order valence-electron chi connectivity index (χ0n) is 13.4. The van der Waals surface area contributed by atoms with Crippen molar-refractivity contribution in [1.29, 1.82) is 0 Å². The highest BCUT2D eigenvalue weighted by atomic mass is 79.9. The summed E-state index contributed by atoms with van der Waals surface area (Å²) in [5.41, 5.74) is 8.09. The average Bonchev–Trinajstić information content (AvgIpc) is 3.20. The molecule has 132 valence electrons. The highest BCUT2D eigenvalue weighted by molar-refractivity contribution is 9.10. The van der Waals surface area contributed by atoms with E-state index in [2.05, 4.69) is 36.3 Å². The fraction of sp³-hybridized carbons (Fsp3) is 0.125. The Morgan fingerprint density at radius 2 is 2.04 bits per heavy atom. The van der Waals surface area contributed by atoms with Gasteiger partial charge in [0.05, 0.1) is 17.6 Å². The predicted molar refractivity (Wildman–Crippen MR) is 93.9 cm³/mol. The SMILES string of the molecule is CC(c1cn(-c2ccc(F)cc2F)nn1)c1cc(Br)c2c(N)ncnn12. The van der Waals surface area contributed by atoms with Gasteiger partial charge in [0.25, 0.3) is 0 Å². The van der Waals surface area contributed by atoms with E-state index < -0.39 is 11.6 Å². The number of anilines is 1. The van der Waals surface area contributed by atoms with Crippen LogP contribution in [-0.4, -0.2) is 29.6 Å². The van der Waals surface area contributed by atoms with Gasteiger partial charge in [0.2, 0.25) is 0 Å². The Kier molecular flexibility index (Phi) is 3.91. The van der Waals surface area contributed by atoms with Crippen LogP contribution in [0.2, 0.25) is 0 Å². The van der Waals surface area contributed by atoms with Crippen molar-refractivity contribution < 1.29 is 8.78 Å². The molecule has 1 unspecified atom stereocenters. The number of nitrogen functional groups attached to an aromatic ring is 1. The van der Waals surface area contributed by atoms with E-state index in [0.717, 1.165) is 16.2 Å². The van der Waals surface area contributed by atoms with Gasteiger partial charge in [0, 0.05) is 16.5 Å². The molecule has 4 rings (SSSR count). The first-order chi connectivity index (χ1) is 12.5. The Hall–Kier alpha value is -2.88. The number of rotatable bonds is 3. The molecular weight excluding hydrogens is 408 g/mol. The van der Waals surface area contributed by atoms with Crippen molar-refractivity contribution in [2.75, 3.05) is 5.73 Å². The third-order valence-electron chi connectivity index (χ3n) is 4.12. The van der Waals surface area contributed by atoms with Gasteiger partial charge in [-0.05, 0) is 34.1 Å². The van der Waals surface area contributed by atoms with Gasteiger partial charge in [-0.15, -0.1) is 5.10 Å². The normalized spacial score (nSPS) is 12.6. The lowest BCUT2D eigenvalue weighted by atomic mass is 10.1. The van der Waals surface area contributed by atoms with Gasteiger partial charge in [-0.3, -0.25) is 0 Å². The van der Waals surface area contributed by atoms with Crippen LogP contribution in [0.25, 0.3) is 11.2 Å². The van der Waals surface area contributed by atoms with Crippen molar-refractivity contribution in [3.8, 4) is 5.69 Å². The van der Waals surface area contributed by atoms with Crippen molar-refractivity contribution in [2.24, 2.45) is 0 Å². The molecule has 1 atom stereocenters. The molecule has 10 heteroatoms. The molecule has 0 amide bonds. The molecule has 4 aromatic rings. The van der Waals surface area contributed by atoms with E-state index in [1.165, 1.54) is 23.1 Å². The fourth-order valence-corrected chi connectivity index (χ4v) is 3.37. The second-order valence-corrected chi connectivity index (χ2v) is 6.58. The molecule has 7 nitrogen and oxygen atoms in total. The van der Waals surface area contributed by atoms with Crippen LogP contribution in [0.15, 0.2) is 41.3 Å². The van der Waals surface area contributed by atoms with Crippen LogP contribution in [0.5, 0.6) is 0 Å². The van der Waals surface area contributed by atoms with Crippen LogP contribution in [-0.2, 0) is 0 Å². The van der Waals surface area contributed by atoms with Gasteiger partial charge in [0.15, 0.2) is 11.6 Å². The van der Waals surface area contributed by atoms with Crippen molar-refractivity contribution in [1.82, 2.24) is 29.6 Å². The van der Waals surface area contributed by atoms with Gasteiger partial charge < -0.3 is 5.73 Å². The summed E-state index contributed by atoms with van der Waals surface area (Å²) in [7, 11) is 0. The van der Waals surface area contributed by atoms with Gasteiger partial charge in [0.1, 0.15) is 23.3 Å². The zero-order chi connectivity index (χ0) is 18.4. The maximum atomic E-state index is 14.0. The molecule has 0 bridgehead atoms. The number of nitrogens with zero attached hydrogens (tertiary/aromatic N) is 6. The number of nitrogens with two attached hydrogens (primary N) is 1. The zero-order valence-corrected chi connectivity index (χ0v) is 15.0. The molecular formula is C16H12BrF2N7. The molecule has 2 N–H and O–H groups in total. The van der Waals surface area contributed by atoms with E-state index in [1.807, 2.05) is 13.0 Å². The van der Waals surface area contributed by atoms with E-state index in [-0.39, 0.29) is 11.6 Å². The third kappa shape index (κ3) is 2.62. The van der Waals surface area contributed by atoms with Crippen molar-refractivity contribution in [3.63, 3.8) is 0 Å². The Bertz CT molecular complexity index is 1120. The first-order valence-electron chi connectivity index (χ1n) is 7.61. The lowest BCUT2D eigenvalue weighted by molar-refractivity contribution is 0.572. The first kappa shape index (κ1) is 16.6. The number of aromatic nitrogens is 6. The first-order valence-corrected chi connectivity index (χ1v) is 8.40. The lowest BCUT2D eigenvalue weighted by Crippen LogP contribution is -2.06. The standard InChI is InChI=1S/C16H12BrF2N7/c1-8(14-5-10(17)15-16(20)21-7-22-26(14)15)12-6-25(24-23-12)13-3-2-9(18)4-11(13)19/h2-8H,1H3,(H2,20,21,22).